The molecule has 22 heavy (non-hydrogen) atoms. The van der Waals surface area contributed by atoms with Crippen molar-refractivity contribution in [3.05, 3.63) is 23.8 Å². The fraction of sp³-hybridized carbons (Fsp3) is 0.625. The number of unbranched alkanes of at least 4 members (excludes halogenated alkanes) is 1. The largest absolute Gasteiger partial charge is 0.444 e. The van der Waals surface area contributed by atoms with Gasteiger partial charge in [0.15, 0.2) is 6.23 Å². The Morgan fingerprint density at radius 3 is 2.45 bits per heavy atom. The summed E-state index contributed by atoms with van der Waals surface area (Å²) in [5.41, 5.74) is 0.214. The van der Waals surface area contributed by atoms with Crippen LogP contribution in [0.4, 0.5) is 0 Å². The van der Waals surface area contributed by atoms with Crippen LogP contribution in [0.2, 0.25) is 0 Å². The van der Waals surface area contributed by atoms with E-state index in [2.05, 4.69) is 18.8 Å². The van der Waals surface area contributed by atoms with Crippen LogP contribution in [-0.4, -0.2) is 36.1 Å². The van der Waals surface area contributed by atoms with E-state index >= 15 is 0 Å². The predicted octanol–water partition coefficient (Wildman–Crippen LogP) is 2.04. The van der Waals surface area contributed by atoms with Crippen LogP contribution in [0.5, 0.6) is 0 Å². The van der Waals surface area contributed by atoms with E-state index in [9.17, 15) is 14.7 Å². The molecule has 6 nitrogen and oxygen atoms in total. The summed E-state index contributed by atoms with van der Waals surface area (Å²) in [5, 5.41) is 12.3. The summed E-state index contributed by atoms with van der Waals surface area (Å²) in [6.45, 7) is 11.3. The van der Waals surface area contributed by atoms with Crippen LogP contribution < -0.4 is 5.32 Å². The molecular weight excluding hydrogens is 286 g/mol. The predicted molar refractivity (Wildman–Crippen MR) is 83.8 cm³/mol. The Morgan fingerprint density at radius 1 is 1.27 bits per heavy atom. The number of esters is 2. The number of rotatable bonds is 10. The standard InChI is InChI=1S/C16H27NO5/c1-6-8-9-17-13(5)21-15(19)11(3)10-12(4)16(20)22-14(18)7-2/h10,13-14,17-18H,4,6-9H2,1-3,5H3/b11-10+. The van der Waals surface area contributed by atoms with Gasteiger partial charge in [0.25, 0.3) is 0 Å². The van der Waals surface area contributed by atoms with E-state index < -0.39 is 24.5 Å². The molecule has 2 N–H and O–H groups in total. The van der Waals surface area contributed by atoms with Crippen LogP contribution >= 0.6 is 0 Å². The molecule has 0 spiro atoms. The number of aliphatic hydroxyl groups excluding tert-OH is 1. The first-order valence-electron chi connectivity index (χ1n) is 7.52. The highest BCUT2D eigenvalue weighted by atomic mass is 16.6. The van der Waals surface area contributed by atoms with E-state index in [1.165, 1.54) is 13.0 Å². The van der Waals surface area contributed by atoms with Crippen molar-refractivity contribution in [1.29, 1.82) is 0 Å². The van der Waals surface area contributed by atoms with Gasteiger partial charge in [0, 0.05) is 12.0 Å². The minimum atomic E-state index is -1.17. The average Bonchev–Trinajstić information content (AvgIpc) is 2.46. The first kappa shape index (κ1) is 20.3. The molecule has 0 aromatic rings. The van der Waals surface area contributed by atoms with Gasteiger partial charge in [-0.15, -0.1) is 0 Å². The maximum atomic E-state index is 11.8. The molecule has 0 fully saturated rings. The maximum Gasteiger partial charge on any atom is 0.339 e. The number of carbonyl (C=O) groups excluding carboxylic acids is 2. The van der Waals surface area contributed by atoms with Crippen LogP contribution in [0, 0.1) is 0 Å². The molecular formula is C16H27NO5. The van der Waals surface area contributed by atoms with E-state index in [4.69, 9.17) is 9.47 Å². The lowest BCUT2D eigenvalue weighted by Crippen LogP contribution is -2.32. The van der Waals surface area contributed by atoms with Gasteiger partial charge in [-0.1, -0.05) is 26.8 Å². The normalized spacial score (nSPS) is 14.1. The molecule has 6 heteroatoms. The van der Waals surface area contributed by atoms with Crippen molar-refractivity contribution in [2.24, 2.45) is 0 Å². The van der Waals surface area contributed by atoms with Gasteiger partial charge in [-0.05, 0) is 32.9 Å². The van der Waals surface area contributed by atoms with Crippen LogP contribution in [0.1, 0.15) is 47.0 Å². The Kier molecular flexibility index (Phi) is 10.2. The van der Waals surface area contributed by atoms with Crippen LogP contribution in [0.25, 0.3) is 0 Å². The van der Waals surface area contributed by atoms with E-state index in [1.807, 2.05) is 0 Å². The van der Waals surface area contributed by atoms with Gasteiger partial charge in [-0.3, -0.25) is 5.32 Å². The Bertz CT molecular complexity index is 417. The zero-order chi connectivity index (χ0) is 17.1. The zero-order valence-corrected chi connectivity index (χ0v) is 13.8. The highest BCUT2D eigenvalue weighted by molar-refractivity contribution is 5.95. The van der Waals surface area contributed by atoms with E-state index in [1.54, 1.807) is 13.8 Å². The number of hydrogen-bond acceptors (Lipinski definition) is 6. The van der Waals surface area contributed by atoms with Crippen LogP contribution in [0.15, 0.2) is 23.8 Å². The third-order valence-corrected chi connectivity index (χ3v) is 2.81. The third kappa shape index (κ3) is 8.59. The fourth-order valence-corrected chi connectivity index (χ4v) is 1.44. The molecule has 0 rings (SSSR count). The Labute approximate surface area is 132 Å². The molecule has 0 amide bonds. The van der Waals surface area contributed by atoms with Crippen molar-refractivity contribution < 1.29 is 24.2 Å². The second-order valence-corrected chi connectivity index (χ2v) is 4.98. The Morgan fingerprint density at radius 2 is 1.91 bits per heavy atom. The van der Waals surface area contributed by atoms with Crippen molar-refractivity contribution >= 4 is 11.9 Å². The summed E-state index contributed by atoms with van der Waals surface area (Å²) in [4.78, 5) is 23.4. The third-order valence-electron chi connectivity index (χ3n) is 2.81. The molecule has 0 aliphatic rings. The maximum absolute atomic E-state index is 11.8. The fourth-order valence-electron chi connectivity index (χ4n) is 1.44. The number of aliphatic hydroxyl groups is 1. The molecule has 0 bridgehead atoms. The molecule has 126 valence electrons. The summed E-state index contributed by atoms with van der Waals surface area (Å²) < 4.78 is 9.88. The molecule has 0 aromatic heterocycles. The second kappa shape index (κ2) is 11.0. The van der Waals surface area contributed by atoms with Gasteiger partial charge >= 0.3 is 11.9 Å². The van der Waals surface area contributed by atoms with Crippen molar-refractivity contribution in [3.63, 3.8) is 0 Å². The van der Waals surface area contributed by atoms with E-state index in [0.717, 1.165) is 19.4 Å². The zero-order valence-electron chi connectivity index (χ0n) is 13.8. The molecule has 0 radical (unpaired) electrons. The number of carbonyl (C=O) groups is 2. The van der Waals surface area contributed by atoms with Crippen LogP contribution in [-0.2, 0) is 19.1 Å². The summed E-state index contributed by atoms with van der Waals surface area (Å²) in [5.74, 6) is -1.31. The highest BCUT2D eigenvalue weighted by Crippen LogP contribution is 2.07. The molecule has 0 heterocycles. The molecule has 0 saturated heterocycles. The van der Waals surface area contributed by atoms with Gasteiger partial charge in [-0.2, -0.15) is 0 Å². The van der Waals surface area contributed by atoms with Crippen molar-refractivity contribution in [3.8, 4) is 0 Å². The monoisotopic (exact) mass is 313 g/mol. The number of hydrogen-bond donors (Lipinski definition) is 2. The quantitative estimate of drug-likeness (QED) is 0.211. The lowest BCUT2D eigenvalue weighted by atomic mass is 10.2. The first-order chi connectivity index (χ1) is 10.3. The van der Waals surface area contributed by atoms with Gasteiger partial charge in [0.1, 0.15) is 0 Å². The van der Waals surface area contributed by atoms with E-state index in [-0.39, 0.29) is 17.6 Å². The van der Waals surface area contributed by atoms with Gasteiger partial charge in [-0.25, -0.2) is 9.59 Å². The van der Waals surface area contributed by atoms with Crippen molar-refractivity contribution in [2.75, 3.05) is 6.54 Å². The minimum absolute atomic E-state index is 0.0199. The summed E-state index contributed by atoms with van der Waals surface area (Å²) in [6.07, 6.45) is 2.03. The average molecular weight is 313 g/mol. The molecule has 2 unspecified atom stereocenters. The van der Waals surface area contributed by atoms with Gasteiger partial charge in [0.2, 0.25) is 6.29 Å². The minimum Gasteiger partial charge on any atom is -0.444 e. The molecule has 0 aliphatic carbocycles. The highest BCUT2D eigenvalue weighted by Gasteiger charge is 2.15. The number of ether oxygens (including phenoxy) is 2. The summed E-state index contributed by atoms with van der Waals surface area (Å²) in [6, 6.07) is 0. The summed E-state index contributed by atoms with van der Waals surface area (Å²) in [7, 11) is 0. The van der Waals surface area contributed by atoms with Gasteiger partial charge in [0.05, 0.1) is 5.57 Å². The number of nitrogens with one attached hydrogen (secondary N) is 1. The Hall–Kier alpha value is -1.66. The smallest absolute Gasteiger partial charge is 0.339 e. The van der Waals surface area contributed by atoms with Crippen molar-refractivity contribution in [2.45, 2.75) is 59.5 Å². The Balaban J connectivity index is 4.41. The SMILES string of the molecule is C=C(/C=C(\C)C(=O)OC(C)NCCCC)C(=O)OC(O)CC. The molecule has 0 saturated carbocycles. The molecule has 0 aliphatic heterocycles. The molecule has 0 aromatic carbocycles. The van der Waals surface area contributed by atoms with Crippen LogP contribution in [0.3, 0.4) is 0 Å². The molecule has 2 atom stereocenters. The lowest BCUT2D eigenvalue weighted by molar-refractivity contribution is -0.162. The second-order valence-electron chi connectivity index (χ2n) is 4.98. The topological polar surface area (TPSA) is 84.9 Å². The van der Waals surface area contributed by atoms with Gasteiger partial charge < -0.3 is 14.6 Å². The first-order valence-corrected chi connectivity index (χ1v) is 7.52. The van der Waals surface area contributed by atoms with E-state index in [0.29, 0.717) is 0 Å². The summed E-state index contributed by atoms with van der Waals surface area (Å²) >= 11 is 0. The van der Waals surface area contributed by atoms with Crippen molar-refractivity contribution in [1.82, 2.24) is 5.32 Å². The lowest BCUT2D eigenvalue weighted by Gasteiger charge is -2.15.